The number of aryl methyl sites for hydroxylation is 1. The summed E-state index contributed by atoms with van der Waals surface area (Å²) in [5, 5.41) is 13.3. The molecule has 0 saturated heterocycles. The number of nitrogens with zero attached hydrogens (tertiary/aromatic N) is 1. The van der Waals surface area contributed by atoms with Gasteiger partial charge < -0.3 is 19.5 Å². The third-order valence-corrected chi connectivity index (χ3v) is 7.50. The highest BCUT2D eigenvalue weighted by atomic mass is 32.1. The predicted octanol–water partition coefficient (Wildman–Crippen LogP) is 5.08. The molecule has 0 bridgehead atoms. The molecule has 6 nitrogen and oxygen atoms in total. The lowest BCUT2D eigenvalue weighted by Crippen LogP contribution is -2.44. The average molecular weight is 466 g/mol. The fourth-order valence-corrected chi connectivity index (χ4v) is 5.56. The van der Waals surface area contributed by atoms with E-state index in [2.05, 4.69) is 0 Å². The topological polar surface area (TPSA) is 76.1 Å². The van der Waals surface area contributed by atoms with E-state index in [1.807, 2.05) is 45.2 Å². The van der Waals surface area contributed by atoms with Gasteiger partial charge in [-0.05, 0) is 77.0 Å². The smallest absolute Gasteiger partial charge is 0.410 e. The molecular formula is C23H31NO5S2. The minimum Gasteiger partial charge on any atom is -0.460 e. The Morgan fingerprint density at radius 3 is 2.29 bits per heavy atom. The molecule has 0 radical (unpaired) electrons. The van der Waals surface area contributed by atoms with Gasteiger partial charge in [0.05, 0.1) is 9.75 Å². The molecule has 8 heteroatoms. The molecule has 3 rings (SSSR count). The average Bonchev–Trinajstić information content (AvgIpc) is 3.38. The van der Waals surface area contributed by atoms with Crippen LogP contribution in [-0.4, -0.2) is 46.9 Å². The molecule has 170 valence electrons. The summed E-state index contributed by atoms with van der Waals surface area (Å²) in [4.78, 5) is 29.3. The van der Waals surface area contributed by atoms with Gasteiger partial charge in [-0.15, -0.1) is 22.7 Å². The largest absolute Gasteiger partial charge is 0.460 e. The zero-order valence-electron chi connectivity index (χ0n) is 18.7. The first-order chi connectivity index (χ1) is 14.5. The van der Waals surface area contributed by atoms with Crippen molar-refractivity contribution in [1.29, 1.82) is 0 Å². The van der Waals surface area contributed by atoms with Gasteiger partial charge in [0.25, 0.3) is 0 Å². The predicted molar refractivity (Wildman–Crippen MR) is 123 cm³/mol. The summed E-state index contributed by atoms with van der Waals surface area (Å²) in [6.07, 6.45) is 2.06. The number of amides is 1. The zero-order chi connectivity index (χ0) is 22.8. The number of aliphatic hydroxyl groups is 1. The number of rotatable bonds is 5. The van der Waals surface area contributed by atoms with Gasteiger partial charge in [-0.1, -0.05) is 6.07 Å². The minimum atomic E-state index is -1.79. The van der Waals surface area contributed by atoms with Gasteiger partial charge in [-0.3, -0.25) is 0 Å². The highest BCUT2D eigenvalue weighted by molar-refractivity contribution is 7.13. The van der Waals surface area contributed by atoms with Crippen molar-refractivity contribution in [1.82, 2.24) is 4.90 Å². The summed E-state index contributed by atoms with van der Waals surface area (Å²) in [5.74, 6) is -0.638. The lowest BCUT2D eigenvalue weighted by Gasteiger charge is -2.36. The van der Waals surface area contributed by atoms with Crippen LogP contribution in [0.5, 0.6) is 0 Å². The second-order valence-corrected chi connectivity index (χ2v) is 11.3. The maximum Gasteiger partial charge on any atom is 0.410 e. The normalized spacial score (nSPS) is 21.2. The van der Waals surface area contributed by atoms with Crippen molar-refractivity contribution in [3.05, 3.63) is 44.3 Å². The molecule has 1 aliphatic carbocycles. The lowest BCUT2D eigenvalue weighted by molar-refractivity contribution is -0.169. The molecule has 1 amide bonds. The zero-order valence-corrected chi connectivity index (χ0v) is 20.3. The Morgan fingerprint density at radius 1 is 1.10 bits per heavy atom. The van der Waals surface area contributed by atoms with Crippen LogP contribution in [0.1, 0.15) is 61.1 Å². The molecule has 1 atom stereocenters. The molecule has 1 aliphatic rings. The van der Waals surface area contributed by atoms with Crippen molar-refractivity contribution in [2.45, 2.75) is 76.7 Å². The van der Waals surface area contributed by atoms with E-state index < -0.39 is 17.2 Å². The van der Waals surface area contributed by atoms with E-state index in [0.717, 1.165) is 4.88 Å². The number of carbonyl (C=O) groups is 2. The third kappa shape index (κ3) is 5.48. The Balaban J connectivity index is 1.64. The summed E-state index contributed by atoms with van der Waals surface area (Å²) >= 11 is 2.73. The van der Waals surface area contributed by atoms with Crippen LogP contribution in [0.4, 0.5) is 4.79 Å². The van der Waals surface area contributed by atoms with Gasteiger partial charge in [0, 0.05) is 18.0 Å². The molecule has 31 heavy (non-hydrogen) atoms. The Hall–Kier alpha value is -1.90. The van der Waals surface area contributed by atoms with Crippen molar-refractivity contribution < 1.29 is 24.2 Å². The Kier molecular flexibility index (Phi) is 7.13. The quantitative estimate of drug-likeness (QED) is 0.624. The van der Waals surface area contributed by atoms with E-state index >= 15 is 0 Å². The first-order valence-corrected chi connectivity index (χ1v) is 12.2. The number of esters is 1. The Bertz CT molecular complexity index is 893. The van der Waals surface area contributed by atoms with Crippen LogP contribution in [0.15, 0.2) is 29.6 Å². The minimum absolute atomic E-state index is 0.0425. The van der Waals surface area contributed by atoms with Crippen LogP contribution in [0, 0.1) is 6.92 Å². The molecule has 0 spiro atoms. The van der Waals surface area contributed by atoms with Crippen LogP contribution >= 0.6 is 22.7 Å². The number of hydrogen-bond donors (Lipinski definition) is 1. The molecule has 0 aliphatic heterocycles. The highest BCUT2D eigenvalue weighted by Crippen LogP contribution is 2.39. The third-order valence-electron chi connectivity index (χ3n) is 5.42. The first-order valence-electron chi connectivity index (χ1n) is 10.5. The van der Waals surface area contributed by atoms with Gasteiger partial charge in [0.2, 0.25) is 5.60 Å². The number of thiophene rings is 2. The van der Waals surface area contributed by atoms with Crippen molar-refractivity contribution >= 4 is 34.7 Å². The number of hydrogen-bond acceptors (Lipinski definition) is 7. The van der Waals surface area contributed by atoms with Crippen LogP contribution in [-0.2, 0) is 19.9 Å². The molecule has 0 unspecified atom stereocenters. The standard InChI is InChI=1S/C23H31NO5S2/c1-15-8-13-19(31-15)23(27,18-7-6-14-30-18)20(25)28-17-11-9-16(10-12-17)24(5)21(26)29-22(2,3)4/h6-8,13-14,16-17,27H,9-12H2,1-5H3/t16?,17?,23-/m0/s1. The summed E-state index contributed by atoms with van der Waals surface area (Å²) < 4.78 is 11.3. The molecular weight excluding hydrogens is 434 g/mol. The van der Waals surface area contributed by atoms with Crippen molar-refractivity contribution in [2.75, 3.05) is 7.05 Å². The van der Waals surface area contributed by atoms with Gasteiger partial charge in [0.1, 0.15) is 11.7 Å². The summed E-state index contributed by atoms with van der Waals surface area (Å²) in [6, 6.07) is 7.29. The summed E-state index contributed by atoms with van der Waals surface area (Å²) in [5.41, 5.74) is -2.33. The summed E-state index contributed by atoms with van der Waals surface area (Å²) in [7, 11) is 1.75. The van der Waals surface area contributed by atoms with Crippen LogP contribution < -0.4 is 0 Å². The second kappa shape index (κ2) is 9.30. The van der Waals surface area contributed by atoms with E-state index in [0.29, 0.717) is 35.4 Å². The lowest BCUT2D eigenvalue weighted by atomic mass is 9.91. The summed E-state index contributed by atoms with van der Waals surface area (Å²) in [6.45, 7) is 7.48. The molecule has 0 aromatic carbocycles. The van der Waals surface area contributed by atoms with Crippen LogP contribution in [0.3, 0.4) is 0 Å². The van der Waals surface area contributed by atoms with Gasteiger partial charge in [-0.25, -0.2) is 9.59 Å². The van der Waals surface area contributed by atoms with E-state index in [-0.39, 0.29) is 18.2 Å². The van der Waals surface area contributed by atoms with Crippen LogP contribution in [0.25, 0.3) is 0 Å². The number of carbonyl (C=O) groups excluding carboxylic acids is 2. The Morgan fingerprint density at radius 2 is 1.77 bits per heavy atom. The van der Waals surface area contributed by atoms with Crippen molar-refractivity contribution in [3.8, 4) is 0 Å². The highest BCUT2D eigenvalue weighted by Gasteiger charge is 2.45. The van der Waals surface area contributed by atoms with Crippen molar-refractivity contribution in [2.24, 2.45) is 0 Å². The fourth-order valence-electron chi connectivity index (χ4n) is 3.71. The molecule has 2 heterocycles. The number of ether oxygens (including phenoxy) is 2. The molecule has 1 saturated carbocycles. The molecule has 2 aromatic heterocycles. The molecule has 1 fully saturated rings. The van der Waals surface area contributed by atoms with E-state index in [9.17, 15) is 14.7 Å². The SMILES string of the molecule is Cc1ccc([C@](O)(C(=O)OC2CCC(N(C)C(=O)OC(C)(C)C)CC2)c2cccs2)s1. The maximum absolute atomic E-state index is 13.2. The van der Waals surface area contributed by atoms with Gasteiger partial charge in [0.15, 0.2) is 0 Å². The van der Waals surface area contributed by atoms with E-state index in [1.54, 1.807) is 24.1 Å². The second-order valence-electron chi connectivity index (χ2n) is 9.03. The van der Waals surface area contributed by atoms with E-state index in [1.165, 1.54) is 22.7 Å². The maximum atomic E-state index is 13.2. The monoisotopic (exact) mass is 465 g/mol. The molecule has 2 aromatic rings. The Labute approximate surface area is 191 Å². The van der Waals surface area contributed by atoms with Gasteiger partial charge in [-0.2, -0.15) is 0 Å². The molecule has 1 N–H and O–H groups in total. The first kappa shape index (κ1) is 23.8. The fraction of sp³-hybridized carbons (Fsp3) is 0.565. The van der Waals surface area contributed by atoms with Crippen LogP contribution in [0.2, 0.25) is 0 Å². The van der Waals surface area contributed by atoms with Crippen molar-refractivity contribution in [3.63, 3.8) is 0 Å². The van der Waals surface area contributed by atoms with Gasteiger partial charge >= 0.3 is 12.1 Å². The van der Waals surface area contributed by atoms with E-state index in [4.69, 9.17) is 9.47 Å².